The van der Waals surface area contributed by atoms with Gasteiger partial charge in [0.1, 0.15) is 0 Å². The zero-order valence-corrected chi connectivity index (χ0v) is 11.8. The van der Waals surface area contributed by atoms with Crippen LogP contribution in [0.3, 0.4) is 0 Å². The van der Waals surface area contributed by atoms with Gasteiger partial charge in [-0.05, 0) is 11.6 Å². The predicted octanol–water partition coefficient (Wildman–Crippen LogP) is 3.16. The first-order chi connectivity index (χ1) is 8.43. The Kier molecular flexibility index (Phi) is 5.96. The van der Waals surface area contributed by atoms with Gasteiger partial charge < -0.3 is 10.1 Å². The molecule has 0 aromatic heterocycles. The second-order valence-electron chi connectivity index (χ2n) is 3.41. The lowest BCUT2D eigenvalue weighted by molar-refractivity contribution is -0.119. The van der Waals surface area contributed by atoms with Crippen molar-refractivity contribution in [1.29, 1.82) is 0 Å². The van der Waals surface area contributed by atoms with E-state index in [1.807, 2.05) is 30.3 Å². The van der Waals surface area contributed by atoms with Gasteiger partial charge in [-0.25, -0.2) is 0 Å². The first-order valence-electron chi connectivity index (χ1n) is 5.06. The molecule has 0 radical (unpaired) electrons. The highest BCUT2D eigenvalue weighted by atomic mass is 35.6. The number of amides is 1. The predicted molar refractivity (Wildman–Crippen MR) is 74.7 cm³/mol. The van der Waals surface area contributed by atoms with E-state index in [0.29, 0.717) is 0 Å². The number of benzene rings is 1. The molecule has 0 aliphatic carbocycles. The Hall–Kier alpha value is -0.740. The molecule has 1 aromatic rings. The van der Waals surface area contributed by atoms with Gasteiger partial charge in [-0.2, -0.15) is 0 Å². The Morgan fingerprint density at radius 1 is 1.33 bits per heavy atom. The first-order valence-corrected chi connectivity index (χ1v) is 6.20. The molecular formula is C12H12Cl3NO2. The summed E-state index contributed by atoms with van der Waals surface area (Å²) in [6, 6.07) is 9.37. The SMILES string of the molecule is COC(NC(=O)C=Cc1ccccc1)C(Cl)(Cl)Cl. The second-order valence-corrected chi connectivity index (χ2v) is 5.78. The van der Waals surface area contributed by atoms with Crippen molar-refractivity contribution in [3.8, 4) is 0 Å². The van der Waals surface area contributed by atoms with Crippen LogP contribution in [0.1, 0.15) is 5.56 Å². The van der Waals surface area contributed by atoms with Crippen LogP contribution in [-0.4, -0.2) is 23.0 Å². The van der Waals surface area contributed by atoms with E-state index in [1.165, 1.54) is 13.2 Å². The van der Waals surface area contributed by atoms with Crippen LogP contribution in [-0.2, 0) is 9.53 Å². The molecule has 1 aromatic carbocycles. The van der Waals surface area contributed by atoms with Crippen molar-refractivity contribution in [3.05, 3.63) is 42.0 Å². The van der Waals surface area contributed by atoms with E-state index in [9.17, 15) is 4.79 Å². The van der Waals surface area contributed by atoms with E-state index in [1.54, 1.807) is 6.08 Å². The number of hydrogen-bond acceptors (Lipinski definition) is 2. The van der Waals surface area contributed by atoms with Crippen LogP contribution < -0.4 is 5.32 Å². The Balaban J connectivity index is 2.59. The van der Waals surface area contributed by atoms with Crippen LogP contribution in [0, 0.1) is 0 Å². The van der Waals surface area contributed by atoms with E-state index in [0.717, 1.165) is 5.56 Å². The van der Waals surface area contributed by atoms with Crippen molar-refractivity contribution in [2.24, 2.45) is 0 Å². The fourth-order valence-electron chi connectivity index (χ4n) is 1.19. The molecule has 0 aliphatic rings. The van der Waals surface area contributed by atoms with Crippen LogP contribution in [0.25, 0.3) is 6.08 Å². The topological polar surface area (TPSA) is 38.3 Å². The number of methoxy groups -OCH3 is 1. The average Bonchev–Trinajstić information content (AvgIpc) is 2.33. The highest BCUT2D eigenvalue weighted by Gasteiger charge is 2.33. The van der Waals surface area contributed by atoms with Crippen molar-refractivity contribution in [2.75, 3.05) is 7.11 Å². The third-order valence-corrected chi connectivity index (χ3v) is 2.63. The molecule has 1 N–H and O–H groups in total. The summed E-state index contributed by atoms with van der Waals surface area (Å²) in [7, 11) is 1.34. The number of alkyl halides is 3. The minimum absolute atomic E-state index is 0.406. The smallest absolute Gasteiger partial charge is 0.246 e. The molecule has 0 aliphatic heterocycles. The molecule has 18 heavy (non-hydrogen) atoms. The van der Waals surface area contributed by atoms with Gasteiger partial charge in [0.15, 0.2) is 6.23 Å². The quantitative estimate of drug-likeness (QED) is 0.527. The molecular weight excluding hydrogens is 296 g/mol. The summed E-state index contributed by atoms with van der Waals surface area (Å²) >= 11 is 16.9. The van der Waals surface area contributed by atoms with E-state index in [2.05, 4.69) is 5.32 Å². The summed E-state index contributed by atoms with van der Waals surface area (Å²) in [4.78, 5) is 11.6. The first kappa shape index (κ1) is 15.3. The van der Waals surface area contributed by atoms with Gasteiger partial charge in [0.05, 0.1) is 0 Å². The zero-order chi connectivity index (χ0) is 13.6. The number of rotatable bonds is 4. The van der Waals surface area contributed by atoms with Crippen molar-refractivity contribution in [1.82, 2.24) is 5.32 Å². The highest BCUT2D eigenvalue weighted by Crippen LogP contribution is 2.30. The second kappa shape index (κ2) is 7.00. The number of halogens is 3. The molecule has 0 spiro atoms. The maximum atomic E-state index is 11.6. The minimum atomic E-state index is -1.72. The molecule has 1 unspecified atom stereocenters. The number of nitrogens with one attached hydrogen (secondary N) is 1. The molecule has 0 saturated carbocycles. The Labute approximate surface area is 121 Å². The van der Waals surface area contributed by atoms with E-state index in [4.69, 9.17) is 39.5 Å². The normalized spacial score (nSPS) is 13.6. The van der Waals surface area contributed by atoms with Crippen LogP contribution >= 0.6 is 34.8 Å². The minimum Gasteiger partial charge on any atom is -0.357 e. The third-order valence-electron chi connectivity index (χ3n) is 2.03. The van der Waals surface area contributed by atoms with Crippen LogP contribution in [0.15, 0.2) is 36.4 Å². The summed E-state index contributed by atoms with van der Waals surface area (Å²) in [5, 5.41) is 2.43. The number of ether oxygens (including phenoxy) is 1. The summed E-state index contributed by atoms with van der Waals surface area (Å²) < 4.78 is 3.16. The van der Waals surface area contributed by atoms with Gasteiger partial charge in [0.25, 0.3) is 0 Å². The maximum Gasteiger partial charge on any atom is 0.246 e. The Morgan fingerprint density at radius 2 is 1.94 bits per heavy atom. The third kappa shape index (κ3) is 5.27. The zero-order valence-electron chi connectivity index (χ0n) is 9.57. The van der Waals surface area contributed by atoms with Gasteiger partial charge in [-0.3, -0.25) is 4.79 Å². The van der Waals surface area contributed by atoms with Crippen molar-refractivity contribution < 1.29 is 9.53 Å². The average molecular weight is 309 g/mol. The van der Waals surface area contributed by atoms with Crippen LogP contribution in [0.5, 0.6) is 0 Å². The summed E-state index contributed by atoms with van der Waals surface area (Å²) in [6.07, 6.45) is 1.99. The molecule has 1 rings (SSSR count). The van der Waals surface area contributed by atoms with E-state index >= 15 is 0 Å². The van der Waals surface area contributed by atoms with Crippen molar-refractivity contribution in [2.45, 2.75) is 10.0 Å². The lowest BCUT2D eigenvalue weighted by atomic mass is 10.2. The van der Waals surface area contributed by atoms with Gasteiger partial charge in [-0.15, -0.1) is 0 Å². The molecule has 6 heteroatoms. The molecule has 1 atom stereocenters. The lowest BCUT2D eigenvalue weighted by Crippen LogP contribution is -2.44. The largest absolute Gasteiger partial charge is 0.357 e. The fourth-order valence-corrected chi connectivity index (χ4v) is 1.62. The molecule has 0 bridgehead atoms. The fraction of sp³-hybridized carbons (Fsp3) is 0.250. The maximum absolute atomic E-state index is 11.6. The molecule has 3 nitrogen and oxygen atoms in total. The molecule has 0 heterocycles. The van der Waals surface area contributed by atoms with Gasteiger partial charge >= 0.3 is 0 Å². The van der Waals surface area contributed by atoms with E-state index < -0.39 is 15.9 Å². The Bertz CT molecular complexity index is 415. The number of hydrogen-bond donors (Lipinski definition) is 1. The van der Waals surface area contributed by atoms with Crippen LogP contribution in [0.2, 0.25) is 0 Å². The van der Waals surface area contributed by atoms with E-state index in [-0.39, 0.29) is 0 Å². The van der Waals surface area contributed by atoms with Gasteiger partial charge in [0.2, 0.25) is 9.70 Å². The summed E-state index contributed by atoms with van der Waals surface area (Å²) in [5.41, 5.74) is 0.899. The van der Waals surface area contributed by atoms with Crippen molar-refractivity contribution in [3.63, 3.8) is 0 Å². The molecule has 1 amide bonds. The number of carbonyl (C=O) groups is 1. The van der Waals surface area contributed by atoms with Gasteiger partial charge in [-0.1, -0.05) is 65.1 Å². The summed E-state index contributed by atoms with van der Waals surface area (Å²) in [5.74, 6) is -0.406. The summed E-state index contributed by atoms with van der Waals surface area (Å²) in [6.45, 7) is 0. The molecule has 98 valence electrons. The standard InChI is InChI=1S/C12H12Cl3NO2/c1-18-11(12(13,14)15)16-10(17)8-7-9-5-3-2-4-6-9/h2-8,11H,1H3,(H,16,17). The highest BCUT2D eigenvalue weighted by molar-refractivity contribution is 6.68. The van der Waals surface area contributed by atoms with Crippen LogP contribution in [0.4, 0.5) is 0 Å². The van der Waals surface area contributed by atoms with Crippen molar-refractivity contribution >= 4 is 46.8 Å². The Morgan fingerprint density at radius 3 is 2.44 bits per heavy atom. The molecule has 0 saturated heterocycles. The lowest BCUT2D eigenvalue weighted by Gasteiger charge is -2.23. The number of carbonyl (C=O) groups excluding carboxylic acids is 1. The molecule has 0 fully saturated rings. The monoisotopic (exact) mass is 307 g/mol. The van der Waals surface area contributed by atoms with Gasteiger partial charge in [0, 0.05) is 13.2 Å².